The molecule has 1 unspecified atom stereocenters. The van der Waals surface area contributed by atoms with Gasteiger partial charge in [0.2, 0.25) is 0 Å². The van der Waals surface area contributed by atoms with Gasteiger partial charge in [0, 0.05) is 6.54 Å². The highest BCUT2D eigenvalue weighted by Gasteiger charge is 2.37. The summed E-state index contributed by atoms with van der Waals surface area (Å²) in [5.41, 5.74) is -0.138. The number of imide groups is 1. The Kier molecular flexibility index (Phi) is 3.61. The maximum absolute atomic E-state index is 13.1. The van der Waals surface area contributed by atoms with Gasteiger partial charge in [-0.1, -0.05) is 6.92 Å². The molecule has 2 rings (SSSR count). The van der Waals surface area contributed by atoms with Crippen molar-refractivity contribution in [3.05, 3.63) is 34.9 Å². The Morgan fingerprint density at radius 2 is 1.63 bits per heavy atom. The van der Waals surface area contributed by atoms with E-state index < -0.39 is 23.4 Å². The number of hydrogen-bond donors (Lipinski definition) is 1. The van der Waals surface area contributed by atoms with Crippen LogP contribution in [0.5, 0.6) is 0 Å². The third-order valence-corrected chi connectivity index (χ3v) is 3.06. The SMILES string of the molecule is CNCC(C)CN1C(=O)c2cc(F)c(F)cc2C1=O. The highest BCUT2D eigenvalue weighted by molar-refractivity contribution is 6.21. The number of fused-ring (bicyclic) bond motifs is 1. The highest BCUT2D eigenvalue weighted by Crippen LogP contribution is 2.25. The van der Waals surface area contributed by atoms with Crippen molar-refractivity contribution in [1.82, 2.24) is 10.2 Å². The van der Waals surface area contributed by atoms with Crippen LogP contribution in [-0.4, -0.2) is 36.9 Å². The molecule has 6 heteroatoms. The Balaban J connectivity index is 2.29. The molecule has 102 valence electrons. The number of nitrogens with zero attached hydrogens (tertiary/aromatic N) is 1. The summed E-state index contributed by atoms with van der Waals surface area (Å²) in [6.45, 7) is 2.73. The van der Waals surface area contributed by atoms with Crippen LogP contribution < -0.4 is 5.32 Å². The maximum atomic E-state index is 13.1. The lowest BCUT2D eigenvalue weighted by Gasteiger charge is -2.18. The zero-order chi connectivity index (χ0) is 14.2. The average Bonchev–Trinajstić information content (AvgIpc) is 2.56. The molecule has 1 atom stereocenters. The molecule has 0 aromatic heterocycles. The minimum absolute atomic E-state index is 0.0573. The minimum Gasteiger partial charge on any atom is -0.319 e. The first-order chi connectivity index (χ1) is 8.95. The van der Waals surface area contributed by atoms with E-state index in [0.29, 0.717) is 6.54 Å². The second kappa shape index (κ2) is 5.05. The van der Waals surface area contributed by atoms with E-state index >= 15 is 0 Å². The summed E-state index contributed by atoms with van der Waals surface area (Å²) >= 11 is 0. The van der Waals surface area contributed by atoms with E-state index in [1.807, 2.05) is 6.92 Å². The lowest BCUT2D eigenvalue weighted by Crippen LogP contribution is -2.36. The number of rotatable bonds is 4. The van der Waals surface area contributed by atoms with Crippen LogP contribution in [0.1, 0.15) is 27.6 Å². The number of carbonyl (C=O) groups is 2. The molecule has 4 nitrogen and oxygen atoms in total. The van der Waals surface area contributed by atoms with Gasteiger partial charge in [0.15, 0.2) is 11.6 Å². The van der Waals surface area contributed by atoms with Gasteiger partial charge in [-0.15, -0.1) is 0 Å². The molecule has 1 aromatic carbocycles. The van der Waals surface area contributed by atoms with Gasteiger partial charge in [0.05, 0.1) is 11.1 Å². The summed E-state index contributed by atoms with van der Waals surface area (Å²) in [6.07, 6.45) is 0. The van der Waals surface area contributed by atoms with Crippen LogP contribution in [0.3, 0.4) is 0 Å². The topological polar surface area (TPSA) is 49.4 Å². The number of benzene rings is 1. The largest absolute Gasteiger partial charge is 0.319 e. The van der Waals surface area contributed by atoms with Gasteiger partial charge in [-0.05, 0) is 31.6 Å². The van der Waals surface area contributed by atoms with Crippen molar-refractivity contribution in [3.63, 3.8) is 0 Å². The first-order valence-electron chi connectivity index (χ1n) is 5.95. The van der Waals surface area contributed by atoms with E-state index in [1.165, 1.54) is 0 Å². The molecular formula is C13H14F2N2O2. The van der Waals surface area contributed by atoms with Crippen LogP contribution >= 0.6 is 0 Å². The fraction of sp³-hybridized carbons (Fsp3) is 0.385. The molecule has 0 aliphatic carbocycles. The predicted molar refractivity (Wildman–Crippen MR) is 64.8 cm³/mol. The van der Waals surface area contributed by atoms with Crippen molar-refractivity contribution in [3.8, 4) is 0 Å². The summed E-state index contributed by atoms with van der Waals surface area (Å²) in [4.78, 5) is 25.0. The predicted octanol–water partition coefficient (Wildman–Crippen LogP) is 1.42. The molecule has 1 N–H and O–H groups in total. The second-order valence-corrected chi connectivity index (χ2v) is 4.70. The lowest BCUT2D eigenvalue weighted by atomic mass is 10.1. The third-order valence-electron chi connectivity index (χ3n) is 3.06. The van der Waals surface area contributed by atoms with Gasteiger partial charge in [-0.2, -0.15) is 0 Å². The Hall–Kier alpha value is -1.82. The molecule has 0 saturated heterocycles. The highest BCUT2D eigenvalue weighted by atomic mass is 19.2. The van der Waals surface area contributed by atoms with Gasteiger partial charge in [0.1, 0.15) is 0 Å². The number of nitrogens with one attached hydrogen (secondary N) is 1. The van der Waals surface area contributed by atoms with E-state index in [4.69, 9.17) is 0 Å². The van der Waals surface area contributed by atoms with E-state index in [2.05, 4.69) is 5.32 Å². The molecule has 0 radical (unpaired) electrons. The van der Waals surface area contributed by atoms with E-state index in [9.17, 15) is 18.4 Å². The van der Waals surface area contributed by atoms with Gasteiger partial charge in [0.25, 0.3) is 11.8 Å². The van der Waals surface area contributed by atoms with Crippen LogP contribution in [-0.2, 0) is 0 Å². The van der Waals surface area contributed by atoms with Crippen molar-refractivity contribution in [2.24, 2.45) is 5.92 Å². The summed E-state index contributed by atoms with van der Waals surface area (Å²) in [5, 5.41) is 2.94. The summed E-state index contributed by atoms with van der Waals surface area (Å²) in [7, 11) is 1.77. The van der Waals surface area contributed by atoms with Crippen LogP contribution in [0.4, 0.5) is 8.78 Å². The van der Waals surface area contributed by atoms with Crippen molar-refractivity contribution >= 4 is 11.8 Å². The molecule has 19 heavy (non-hydrogen) atoms. The number of amides is 2. The molecule has 1 aliphatic heterocycles. The number of hydrogen-bond acceptors (Lipinski definition) is 3. The molecule has 0 saturated carbocycles. The lowest BCUT2D eigenvalue weighted by molar-refractivity contribution is 0.0632. The van der Waals surface area contributed by atoms with E-state index in [0.717, 1.165) is 17.0 Å². The second-order valence-electron chi connectivity index (χ2n) is 4.70. The van der Waals surface area contributed by atoms with Crippen molar-refractivity contribution in [2.45, 2.75) is 6.92 Å². The summed E-state index contributed by atoms with van der Waals surface area (Å²) in [6, 6.07) is 1.57. The Bertz CT molecular complexity index is 505. The van der Waals surface area contributed by atoms with E-state index in [-0.39, 0.29) is 23.6 Å². The molecular weight excluding hydrogens is 254 g/mol. The average molecular weight is 268 g/mol. The molecule has 0 spiro atoms. The van der Waals surface area contributed by atoms with Gasteiger partial charge >= 0.3 is 0 Å². The fourth-order valence-electron chi connectivity index (χ4n) is 2.17. The van der Waals surface area contributed by atoms with Gasteiger partial charge < -0.3 is 5.32 Å². The third kappa shape index (κ3) is 2.35. The smallest absolute Gasteiger partial charge is 0.261 e. The Morgan fingerprint density at radius 3 is 2.05 bits per heavy atom. The Morgan fingerprint density at radius 1 is 1.16 bits per heavy atom. The van der Waals surface area contributed by atoms with Crippen molar-refractivity contribution in [2.75, 3.05) is 20.1 Å². The molecule has 2 amide bonds. The van der Waals surface area contributed by atoms with Crippen LogP contribution in [0.15, 0.2) is 12.1 Å². The van der Waals surface area contributed by atoms with Crippen LogP contribution in [0.2, 0.25) is 0 Å². The minimum atomic E-state index is -1.12. The Labute approximate surface area is 109 Å². The standard InChI is InChI=1S/C13H14F2N2O2/c1-7(5-16-2)6-17-12(18)8-3-10(14)11(15)4-9(8)13(17)19/h3-4,7,16H,5-6H2,1-2H3. The van der Waals surface area contributed by atoms with Crippen LogP contribution in [0, 0.1) is 17.6 Å². The maximum Gasteiger partial charge on any atom is 0.261 e. The number of carbonyl (C=O) groups excluding carboxylic acids is 2. The first-order valence-corrected chi connectivity index (χ1v) is 5.95. The molecule has 1 heterocycles. The normalized spacial score (nSPS) is 15.9. The molecule has 0 bridgehead atoms. The summed E-state index contributed by atoms with van der Waals surface area (Å²) < 4.78 is 26.2. The van der Waals surface area contributed by atoms with Gasteiger partial charge in [-0.25, -0.2) is 8.78 Å². The first kappa shape index (κ1) is 13.6. The van der Waals surface area contributed by atoms with Gasteiger partial charge in [-0.3, -0.25) is 14.5 Å². The molecule has 0 fully saturated rings. The summed E-state index contributed by atoms with van der Waals surface area (Å²) in [5.74, 6) is -3.32. The number of halogens is 2. The molecule has 1 aromatic rings. The molecule has 1 aliphatic rings. The zero-order valence-electron chi connectivity index (χ0n) is 10.7. The van der Waals surface area contributed by atoms with E-state index in [1.54, 1.807) is 7.05 Å². The zero-order valence-corrected chi connectivity index (χ0v) is 10.7. The van der Waals surface area contributed by atoms with Crippen LogP contribution in [0.25, 0.3) is 0 Å². The fourth-order valence-corrected chi connectivity index (χ4v) is 2.17. The van der Waals surface area contributed by atoms with Crippen molar-refractivity contribution < 1.29 is 18.4 Å². The quantitative estimate of drug-likeness (QED) is 0.840. The monoisotopic (exact) mass is 268 g/mol. The van der Waals surface area contributed by atoms with Crippen molar-refractivity contribution in [1.29, 1.82) is 0 Å².